The third-order valence-electron chi connectivity index (χ3n) is 0. The Morgan fingerprint density at radius 2 is 1.10 bits per heavy atom. The molecule has 0 fully saturated rings. The van der Waals surface area contributed by atoms with Gasteiger partial charge < -0.3 is 5.48 Å². The molecule has 0 radical (unpaired) electrons. The zero-order valence-electron chi connectivity index (χ0n) is 2.62. The average molecular weight is 252 g/mol. The Kier molecular flexibility index (Phi) is 69.6. The van der Waals surface area contributed by atoms with Gasteiger partial charge in [0, 0.05) is 0 Å². The fourth-order valence-corrected chi connectivity index (χ4v) is 0. The minimum absolute atomic E-state index is 0. The summed E-state index contributed by atoms with van der Waals surface area (Å²) >= 11 is 0. The molecule has 0 amide bonds. The molecule has 0 aromatic heterocycles. The van der Waals surface area contributed by atoms with Crippen molar-refractivity contribution in [1.29, 1.82) is 0 Å². The summed E-state index contributed by atoms with van der Waals surface area (Å²) in [6.45, 7) is 0. The van der Waals surface area contributed by atoms with Crippen LogP contribution in [0.5, 0.6) is 0 Å². The van der Waals surface area contributed by atoms with E-state index >= 15 is 0 Å². The van der Waals surface area contributed by atoms with Gasteiger partial charge in [0.15, 0.2) is 17.4 Å². The molecule has 10 heteroatoms. The van der Waals surface area contributed by atoms with Crippen molar-refractivity contribution in [3.8, 4) is 0 Å². The van der Waals surface area contributed by atoms with Crippen LogP contribution in [0, 0.1) is 0 Å². The van der Waals surface area contributed by atoms with Gasteiger partial charge in [0.05, 0.1) is 0 Å². The first kappa shape index (κ1) is 36.8. The van der Waals surface area contributed by atoms with E-state index in [2.05, 4.69) is 0 Å². The Hall–Kier alpha value is 4.26. The van der Waals surface area contributed by atoms with Gasteiger partial charge in [-0.15, -0.1) is 0 Å². The third kappa shape index (κ3) is 85.7. The number of hydrogen-bond acceptors (Lipinski definition) is 2. The van der Waals surface area contributed by atoms with Crippen LogP contribution in [-0.2, 0) is 10.4 Å². The molecular formula is H11AlCaKNaO5S. The van der Waals surface area contributed by atoms with Crippen molar-refractivity contribution in [3.63, 3.8) is 0 Å². The molecule has 0 aliphatic rings. The van der Waals surface area contributed by atoms with Crippen molar-refractivity contribution in [2.24, 2.45) is 0 Å². The van der Waals surface area contributed by atoms with E-state index in [1.165, 1.54) is 0 Å². The van der Waals surface area contributed by atoms with Gasteiger partial charge in [-0.25, -0.2) is 0 Å². The first-order valence-electron chi connectivity index (χ1n) is 0.698. The molecule has 0 saturated heterocycles. The molecule has 0 atom stereocenters. The van der Waals surface area contributed by atoms with Gasteiger partial charge in [0.1, 0.15) is 0 Å². The van der Waals surface area contributed by atoms with Crippen LogP contribution < -0.4 is 0 Å². The molecule has 0 saturated carbocycles. The summed E-state index contributed by atoms with van der Waals surface area (Å²) < 4.78 is 31.6. The van der Waals surface area contributed by atoms with Gasteiger partial charge in [-0.05, 0) is 0 Å². The molecule has 5 nitrogen and oxygen atoms in total. The van der Waals surface area contributed by atoms with Crippen molar-refractivity contribution in [3.05, 3.63) is 0 Å². The molecule has 0 bridgehead atoms. The molecule has 0 aliphatic carbocycles. The van der Waals surface area contributed by atoms with Crippen LogP contribution in [0.25, 0.3) is 0 Å². The third-order valence-corrected chi connectivity index (χ3v) is 0. The monoisotopic (exact) mass is 252 g/mol. The zero-order chi connectivity index (χ0) is 4.50. The van der Waals surface area contributed by atoms with Crippen LogP contribution in [0.15, 0.2) is 0 Å². The maximum atomic E-state index is 8.74. The van der Waals surface area contributed by atoms with E-state index in [4.69, 9.17) is 17.5 Å². The van der Waals surface area contributed by atoms with Gasteiger partial charge in [-0.3, -0.25) is 9.11 Å². The van der Waals surface area contributed by atoms with E-state index in [1.807, 2.05) is 0 Å². The van der Waals surface area contributed by atoms with Gasteiger partial charge in [-0.1, -0.05) is 0 Å². The van der Waals surface area contributed by atoms with Gasteiger partial charge in [0.2, 0.25) is 0 Å². The molecule has 10 heavy (non-hydrogen) atoms. The summed E-state index contributed by atoms with van der Waals surface area (Å²) in [5.74, 6) is 0. The normalized spacial score (nSPS) is 5.80. The molecule has 0 spiro atoms. The molecule has 4 N–H and O–H groups in total. The van der Waals surface area contributed by atoms with E-state index in [1.54, 1.807) is 0 Å². The second-order valence-electron chi connectivity index (χ2n) is 0.448. The fourth-order valence-electron chi connectivity index (χ4n) is 0. The van der Waals surface area contributed by atoms with E-state index in [9.17, 15) is 0 Å². The van der Waals surface area contributed by atoms with Gasteiger partial charge >= 0.3 is 129 Å². The van der Waals surface area contributed by atoms with E-state index < -0.39 is 10.4 Å². The van der Waals surface area contributed by atoms with Gasteiger partial charge in [-0.2, -0.15) is 8.42 Å². The second-order valence-corrected chi connectivity index (χ2v) is 1.34. The predicted molar refractivity (Wildman–Crippen MR) is 50.6 cm³/mol. The van der Waals surface area contributed by atoms with Crippen LogP contribution in [0.4, 0.5) is 0 Å². The summed E-state index contributed by atoms with van der Waals surface area (Å²) in [6, 6.07) is 0. The summed E-state index contributed by atoms with van der Waals surface area (Å²) in [4.78, 5) is 0. The van der Waals surface area contributed by atoms with Gasteiger partial charge in [0.25, 0.3) is 0 Å². The predicted octanol–water partition coefficient (Wildman–Crippen LogP) is -4.87. The topological polar surface area (TPSA) is 106 Å². The van der Waals surface area contributed by atoms with Crippen LogP contribution >= 0.6 is 0 Å². The Balaban J connectivity index is -0.00000000800. The number of rotatable bonds is 0. The standard InChI is InChI=1S/Al.Ca.K.Na.H2O4S.H2O.7H/c;;;;1-5(2,3)4;;;;;;;;/h;;;;(H2,1,2,3,4);1H2;;;;;;;. The van der Waals surface area contributed by atoms with Crippen molar-refractivity contribution in [2.45, 2.75) is 0 Å². The Morgan fingerprint density at radius 3 is 1.10 bits per heavy atom. The van der Waals surface area contributed by atoms with Crippen molar-refractivity contribution >= 4 is 146 Å². The first-order chi connectivity index (χ1) is 2.00. The fraction of sp³-hybridized carbons (Fsp3) is 0. The van der Waals surface area contributed by atoms with Crippen molar-refractivity contribution in [2.75, 3.05) is 0 Å². The summed E-state index contributed by atoms with van der Waals surface area (Å²) in [7, 11) is -4.67. The molecule has 0 unspecified atom stereocenters. The Morgan fingerprint density at radius 1 is 1.10 bits per heavy atom. The second kappa shape index (κ2) is 18.9. The Labute approximate surface area is 165 Å². The molecule has 0 heterocycles. The molecule has 0 rings (SSSR count). The van der Waals surface area contributed by atoms with E-state index in [0.29, 0.717) is 0 Å². The maximum absolute atomic E-state index is 8.74. The van der Waals surface area contributed by atoms with Crippen LogP contribution in [0.2, 0.25) is 0 Å². The van der Waals surface area contributed by atoms with Crippen molar-refractivity contribution < 1.29 is 23.0 Å². The zero-order valence-corrected chi connectivity index (χ0v) is 3.44. The SMILES string of the molecule is O.O=S(=O)(O)O.[AlH3].[CaH2].[KH].[NaH]. The van der Waals surface area contributed by atoms with Crippen LogP contribution in [0.3, 0.4) is 0 Å². The number of hydrogen-bond donors (Lipinski definition) is 2. The average Bonchev–Trinajstić information content (AvgIpc) is 0.722. The molecule has 0 aromatic rings. The van der Waals surface area contributed by atoms with E-state index in [0.717, 1.165) is 0 Å². The first-order valence-corrected chi connectivity index (χ1v) is 2.10. The minimum atomic E-state index is -4.67. The van der Waals surface area contributed by atoms with Crippen LogP contribution in [-0.4, -0.2) is 159 Å². The quantitative estimate of drug-likeness (QED) is 0.333. The molecule has 0 aliphatic heterocycles. The summed E-state index contributed by atoms with van der Waals surface area (Å²) in [5.41, 5.74) is 0. The Bertz CT molecular complexity index is 105. The summed E-state index contributed by atoms with van der Waals surface area (Å²) in [5, 5.41) is 0. The molecule has 54 valence electrons. The van der Waals surface area contributed by atoms with Crippen LogP contribution in [0.1, 0.15) is 0 Å². The summed E-state index contributed by atoms with van der Waals surface area (Å²) in [6.07, 6.45) is 0. The van der Waals surface area contributed by atoms with Crippen molar-refractivity contribution in [1.82, 2.24) is 0 Å². The van der Waals surface area contributed by atoms with E-state index in [-0.39, 0.29) is 142 Å². The molecule has 0 aromatic carbocycles. The molecular weight excluding hydrogens is 241 g/mol.